The Balaban J connectivity index is 1.99. The van der Waals surface area contributed by atoms with Crippen molar-refractivity contribution >= 4 is 17.3 Å². The smallest absolute Gasteiger partial charge is 0.202 e. The summed E-state index contributed by atoms with van der Waals surface area (Å²) in [6, 6.07) is 4.49. The van der Waals surface area contributed by atoms with Crippen molar-refractivity contribution in [1.82, 2.24) is 0 Å². The summed E-state index contributed by atoms with van der Waals surface area (Å²) >= 11 is 0. The van der Waals surface area contributed by atoms with E-state index in [1.54, 1.807) is 19.9 Å². The number of phenols is 2. The lowest BCUT2D eigenvalue weighted by atomic mass is 9.72. The Hall–Kier alpha value is -3.23. The Morgan fingerprint density at radius 2 is 1.74 bits per heavy atom. The number of hydrogen-bond donors (Lipinski definition) is 4. The summed E-state index contributed by atoms with van der Waals surface area (Å²) in [6.45, 7) is 4.66. The molecule has 4 rings (SSSR count). The van der Waals surface area contributed by atoms with Crippen molar-refractivity contribution in [3.8, 4) is 17.2 Å². The first-order chi connectivity index (χ1) is 14.5. The highest BCUT2D eigenvalue weighted by Crippen LogP contribution is 2.51. The second-order valence-corrected chi connectivity index (χ2v) is 8.33. The van der Waals surface area contributed by atoms with Crippen LogP contribution in [-0.4, -0.2) is 49.5 Å². The van der Waals surface area contributed by atoms with Gasteiger partial charge in [0.2, 0.25) is 5.78 Å². The molecule has 2 aliphatic rings. The van der Waals surface area contributed by atoms with Crippen molar-refractivity contribution in [3.63, 3.8) is 0 Å². The predicted molar refractivity (Wildman–Crippen MR) is 108 cm³/mol. The number of aliphatic hydroxyl groups is 2. The topological polar surface area (TPSA) is 141 Å². The van der Waals surface area contributed by atoms with Crippen LogP contribution in [0.3, 0.4) is 0 Å². The Morgan fingerprint density at radius 1 is 1.10 bits per heavy atom. The summed E-state index contributed by atoms with van der Waals surface area (Å²) in [7, 11) is 0. The van der Waals surface area contributed by atoms with Crippen LogP contribution < -0.4 is 4.74 Å². The van der Waals surface area contributed by atoms with Crippen LogP contribution in [0.15, 0.2) is 18.2 Å². The number of ether oxygens (including phenoxy) is 1. The molecule has 0 aromatic heterocycles. The first-order valence-electron chi connectivity index (χ1n) is 9.89. The summed E-state index contributed by atoms with van der Waals surface area (Å²) in [5.74, 6) is -3.18. The van der Waals surface area contributed by atoms with E-state index in [0.717, 1.165) is 6.92 Å². The maximum Gasteiger partial charge on any atom is 0.202 e. The van der Waals surface area contributed by atoms with E-state index in [1.165, 1.54) is 12.1 Å². The number of benzene rings is 2. The van der Waals surface area contributed by atoms with Crippen molar-refractivity contribution in [2.45, 2.75) is 51.4 Å². The quantitative estimate of drug-likeness (QED) is 0.466. The van der Waals surface area contributed by atoms with Crippen LogP contribution in [0, 0.1) is 0 Å². The Bertz CT molecular complexity index is 1160. The summed E-state index contributed by atoms with van der Waals surface area (Å²) in [5.41, 5.74) is -3.16. The van der Waals surface area contributed by atoms with Gasteiger partial charge in [-0.05, 0) is 26.8 Å². The van der Waals surface area contributed by atoms with E-state index >= 15 is 0 Å². The van der Waals surface area contributed by atoms with Crippen LogP contribution in [-0.2, 0) is 11.2 Å². The molecule has 0 heterocycles. The number of carbonyl (C=O) groups excluding carboxylic acids is 3. The van der Waals surface area contributed by atoms with Gasteiger partial charge in [0.25, 0.3) is 0 Å². The van der Waals surface area contributed by atoms with Gasteiger partial charge in [0.1, 0.15) is 22.8 Å². The van der Waals surface area contributed by atoms with Crippen molar-refractivity contribution < 1.29 is 39.5 Å². The number of hydrogen-bond acceptors (Lipinski definition) is 8. The standard InChI is InChI=1S/C23H22O8/c1-9(2)31-14-6-4-5-11-16(14)22(29)18-17(19(11)26)20(27)12-7-23(30,10(3)24)8-13(25)15(12)21(18)28/h4-6,9,13,25,27-28,30H,7-8H2,1-3H3. The van der Waals surface area contributed by atoms with Crippen molar-refractivity contribution in [3.05, 3.63) is 51.6 Å². The highest BCUT2D eigenvalue weighted by atomic mass is 16.5. The maximum absolute atomic E-state index is 13.4. The van der Waals surface area contributed by atoms with Crippen LogP contribution in [0.2, 0.25) is 0 Å². The van der Waals surface area contributed by atoms with Gasteiger partial charge in [-0.15, -0.1) is 0 Å². The Kier molecular flexibility index (Phi) is 4.68. The van der Waals surface area contributed by atoms with Gasteiger partial charge < -0.3 is 25.2 Å². The summed E-state index contributed by atoms with van der Waals surface area (Å²) in [4.78, 5) is 38.6. The van der Waals surface area contributed by atoms with E-state index in [2.05, 4.69) is 0 Å². The van der Waals surface area contributed by atoms with Gasteiger partial charge in [0.05, 0.1) is 28.9 Å². The average molecular weight is 426 g/mol. The normalized spacial score (nSPS) is 22.1. The fourth-order valence-corrected chi connectivity index (χ4v) is 4.39. The molecule has 0 amide bonds. The molecule has 0 spiro atoms. The number of ketones is 3. The van der Waals surface area contributed by atoms with Gasteiger partial charge in [-0.25, -0.2) is 0 Å². The van der Waals surface area contributed by atoms with Crippen LogP contribution in [0.5, 0.6) is 17.2 Å². The molecule has 0 saturated heterocycles. The van der Waals surface area contributed by atoms with Crippen molar-refractivity contribution in [2.75, 3.05) is 0 Å². The molecule has 0 saturated carbocycles. The molecule has 0 aliphatic heterocycles. The molecule has 2 aliphatic carbocycles. The largest absolute Gasteiger partial charge is 0.507 e. The number of carbonyl (C=O) groups is 3. The molecular formula is C23H22O8. The third-order valence-corrected chi connectivity index (χ3v) is 5.89. The Morgan fingerprint density at radius 3 is 2.35 bits per heavy atom. The molecule has 31 heavy (non-hydrogen) atoms. The monoisotopic (exact) mass is 426 g/mol. The van der Waals surface area contributed by atoms with Crippen LogP contribution in [0.4, 0.5) is 0 Å². The molecule has 2 atom stereocenters. The molecule has 4 N–H and O–H groups in total. The number of phenolic OH excluding ortho intramolecular Hbond substituents is 2. The number of rotatable bonds is 3. The molecule has 2 unspecified atom stereocenters. The van der Waals surface area contributed by atoms with Gasteiger partial charge in [-0.3, -0.25) is 14.4 Å². The lowest BCUT2D eigenvalue weighted by Gasteiger charge is -2.36. The van der Waals surface area contributed by atoms with Crippen LogP contribution in [0.25, 0.3) is 0 Å². The first-order valence-corrected chi connectivity index (χ1v) is 9.89. The van der Waals surface area contributed by atoms with Gasteiger partial charge in [0.15, 0.2) is 11.6 Å². The van der Waals surface area contributed by atoms with Crippen LogP contribution >= 0.6 is 0 Å². The molecule has 0 radical (unpaired) electrons. The highest BCUT2D eigenvalue weighted by molar-refractivity contribution is 6.31. The lowest BCUT2D eigenvalue weighted by Crippen LogP contribution is -2.44. The second kappa shape index (κ2) is 6.90. The molecular weight excluding hydrogens is 404 g/mol. The summed E-state index contributed by atoms with van der Waals surface area (Å²) < 4.78 is 5.67. The maximum atomic E-state index is 13.4. The number of aromatic hydroxyl groups is 2. The first kappa shape index (κ1) is 21.0. The molecule has 162 valence electrons. The number of Topliss-reactive ketones (excluding diaryl/α,β-unsaturated/α-hetero) is 1. The zero-order chi connectivity index (χ0) is 22.8. The molecule has 0 bridgehead atoms. The minimum absolute atomic E-state index is 0.00323. The van der Waals surface area contributed by atoms with Gasteiger partial charge in [0, 0.05) is 29.5 Å². The van der Waals surface area contributed by atoms with Gasteiger partial charge in [-0.2, -0.15) is 0 Å². The van der Waals surface area contributed by atoms with Crippen molar-refractivity contribution in [2.24, 2.45) is 0 Å². The molecule has 0 fully saturated rings. The molecule has 8 nitrogen and oxygen atoms in total. The zero-order valence-electron chi connectivity index (χ0n) is 17.2. The third kappa shape index (κ3) is 2.94. The third-order valence-electron chi connectivity index (χ3n) is 5.89. The summed E-state index contributed by atoms with van der Waals surface area (Å²) in [6.07, 6.45) is -2.64. The second-order valence-electron chi connectivity index (χ2n) is 8.33. The minimum Gasteiger partial charge on any atom is -0.507 e. The molecule has 2 aromatic rings. The Labute approximate surface area is 177 Å². The van der Waals surface area contributed by atoms with E-state index in [1.807, 2.05) is 0 Å². The SMILES string of the molecule is CC(=O)C1(O)Cc2c(O)c3c(c(O)c2C(O)C1)C(=O)c1c(OC(C)C)cccc1C3=O. The lowest BCUT2D eigenvalue weighted by molar-refractivity contribution is -0.139. The zero-order valence-corrected chi connectivity index (χ0v) is 17.2. The van der Waals surface area contributed by atoms with Gasteiger partial charge >= 0.3 is 0 Å². The minimum atomic E-state index is -1.97. The predicted octanol–water partition coefficient (Wildman–Crippen LogP) is 1.96. The fraction of sp³-hybridized carbons (Fsp3) is 0.348. The average Bonchev–Trinajstić information content (AvgIpc) is 2.67. The van der Waals surface area contributed by atoms with Crippen LogP contribution in [0.1, 0.15) is 76.3 Å². The van der Waals surface area contributed by atoms with E-state index in [9.17, 15) is 34.8 Å². The van der Waals surface area contributed by atoms with E-state index < -0.39 is 64.5 Å². The van der Waals surface area contributed by atoms with E-state index in [4.69, 9.17) is 4.74 Å². The summed E-state index contributed by atoms with van der Waals surface area (Å²) in [5, 5.41) is 43.0. The van der Waals surface area contributed by atoms with Crippen molar-refractivity contribution in [1.29, 1.82) is 0 Å². The van der Waals surface area contributed by atoms with Gasteiger partial charge in [-0.1, -0.05) is 12.1 Å². The fourth-order valence-electron chi connectivity index (χ4n) is 4.39. The molecule has 2 aromatic carbocycles. The van der Waals surface area contributed by atoms with E-state index in [0.29, 0.717) is 0 Å². The highest BCUT2D eigenvalue weighted by Gasteiger charge is 2.47. The number of fused-ring (bicyclic) bond motifs is 3. The van der Waals surface area contributed by atoms with E-state index in [-0.39, 0.29) is 34.1 Å². The molecule has 8 heteroatoms. The number of aliphatic hydroxyl groups excluding tert-OH is 1.